The summed E-state index contributed by atoms with van der Waals surface area (Å²) in [4.78, 5) is 4.80. The predicted molar refractivity (Wildman–Crippen MR) is 328 cm³/mol. The van der Waals surface area contributed by atoms with Crippen LogP contribution in [0, 0.1) is 34.0 Å². The van der Waals surface area contributed by atoms with Gasteiger partial charge < -0.3 is 53.8 Å². The highest BCUT2D eigenvalue weighted by Crippen LogP contribution is 2.59. The minimum absolute atomic E-state index is 0.103. The van der Waals surface area contributed by atoms with Gasteiger partial charge in [-0.2, -0.15) is 0 Å². The molecule has 0 spiro atoms. The molecule has 9 unspecified atom stereocenters. The summed E-state index contributed by atoms with van der Waals surface area (Å²) in [7, 11) is 5.06. The molecule has 0 aromatic heterocycles. The Morgan fingerprint density at radius 3 is 1.50 bits per heavy atom. The first-order valence-electron chi connectivity index (χ1n) is 31.2. The molecular weight excluding hydrogens is 1050 g/mol. The van der Waals surface area contributed by atoms with Crippen molar-refractivity contribution in [3.63, 3.8) is 0 Å². The van der Waals surface area contributed by atoms with Gasteiger partial charge in [0.1, 0.15) is 6.23 Å². The Morgan fingerprint density at radius 1 is 0.548 bits per heavy atom. The molecule has 5 aromatic rings. The van der Waals surface area contributed by atoms with Crippen LogP contribution in [-0.4, -0.2) is 129 Å². The second-order valence-corrected chi connectivity index (χ2v) is 27.5. The van der Waals surface area contributed by atoms with Crippen molar-refractivity contribution < 1.29 is 48.5 Å². The second kappa shape index (κ2) is 24.4. The van der Waals surface area contributed by atoms with Crippen LogP contribution in [0.4, 0.5) is 0 Å². The Balaban J connectivity index is 0.996. The third kappa shape index (κ3) is 12.4. The van der Waals surface area contributed by atoms with E-state index in [1.54, 1.807) is 21.3 Å². The van der Waals surface area contributed by atoms with Gasteiger partial charge in [0, 0.05) is 79.8 Å². The van der Waals surface area contributed by atoms with Crippen LogP contribution in [0.2, 0.25) is 0 Å². The van der Waals surface area contributed by atoms with E-state index >= 15 is 0 Å². The van der Waals surface area contributed by atoms with E-state index in [0.717, 1.165) is 66.8 Å². The molecule has 13 heteroatoms. The van der Waals surface area contributed by atoms with Gasteiger partial charge in [0.15, 0.2) is 34.5 Å². The Morgan fingerprint density at radius 2 is 1.02 bits per heavy atom. The van der Waals surface area contributed by atoms with Crippen LogP contribution < -0.4 is 33.7 Å². The highest BCUT2D eigenvalue weighted by atomic mass is 16.5. The van der Waals surface area contributed by atoms with E-state index < -0.39 is 39.3 Å². The van der Waals surface area contributed by atoms with E-state index in [1.807, 2.05) is 57.2 Å². The van der Waals surface area contributed by atoms with Crippen molar-refractivity contribution >= 4 is 0 Å². The Labute approximate surface area is 500 Å². The fourth-order valence-corrected chi connectivity index (χ4v) is 14.5. The quantitative estimate of drug-likeness (QED) is 0.0378. The number of likely N-dealkylation sites (tertiary alicyclic amines) is 2. The minimum Gasteiger partial charge on any atom is -0.493 e. The first kappa shape index (κ1) is 60.3. The van der Waals surface area contributed by atoms with Crippen molar-refractivity contribution in [1.29, 1.82) is 0 Å². The second-order valence-electron chi connectivity index (χ2n) is 27.5. The summed E-state index contributed by atoms with van der Waals surface area (Å²) in [5.41, 5.74) is -1.17. The SMILES string of the molecule is COc1ccc(C2CN(Cc3ccccc3)CC2(C)C(C)(O)CCC(O)(CN2CC(c3ccc(OC)c(OCC4CC4)c3)C(C)(C(C)(C)O)C2OCc2ccccc2)C2(C)CNCC2c2ccc(OC)c(OCC3CC3)c2)cc1OCC1CC1. The van der Waals surface area contributed by atoms with Crippen molar-refractivity contribution in [2.24, 2.45) is 34.0 Å². The lowest BCUT2D eigenvalue weighted by Gasteiger charge is -2.52. The first-order valence-corrected chi connectivity index (χ1v) is 31.2. The number of nitrogens with one attached hydrogen (secondary N) is 1. The maximum absolute atomic E-state index is 14.8. The molecule has 3 aliphatic heterocycles. The zero-order valence-corrected chi connectivity index (χ0v) is 51.5. The van der Waals surface area contributed by atoms with Crippen molar-refractivity contribution in [3.8, 4) is 34.5 Å². The highest BCUT2D eigenvalue weighted by Gasteiger charge is 2.64. The van der Waals surface area contributed by atoms with Gasteiger partial charge in [-0.3, -0.25) is 9.80 Å². The van der Waals surface area contributed by atoms with E-state index in [0.29, 0.717) is 99.1 Å². The molecule has 13 nitrogen and oxygen atoms in total. The Kier molecular flexibility index (Phi) is 17.5. The van der Waals surface area contributed by atoms with E-state index in [-0.39, 0.29) is 37.1 Å². The zero-order valence-electron chi connectivity index (χ0n) is 51.5. The summed E-state index contributed by atoms with van der Waals surface area (Å²) in [6.07, 6.45) is 6.85. The summed E-state index contributed by atoms with van der Waals surface area (Å²) in [5.74, 6) is 5.26. The maximum atomic E-state index is 14.8. The average molecular weight is 1150 g/mol. The van der Waals surface area contributed by atoms with Crippen molar-refractivity contribution in [2.45, 2.75) is 147 Å². The van der Waals surface area contributed by atoms with Crippen molar-refractivity contribution in [2.75, 3.05) is 80.4 Å². The molecule has 4 N–H and O–H groups in total. The number of hydrogen-bond donors (Lipinski definition) is 4. The topological polar surface area (TPSA) is 144 Å². The third-order valence-electron chi connectivity index (χ3n) is 21.2. The molecular formula is C71H95N3O10. The lowest BCUT2D eigenvalue weighted by atomic mass is 9.59. The van der Waals surface area contributed by atoms with Crippen LogP contribution in [0.25, 0.3) is 0 Å². The molecule has 6 fully saturated rings. The third-order valence-corrected chi connectivity index (χ3v) is 21.2. The van der Waals surface area contributed by atoms with Crippen LogP contribution in [-0.2, 0) is 17.9 Å². The zero-order chi connectivity index (χ0) is 59.1. The number of β-amino-alcohol motifs (C(OH)–C–C–N with tert-alkyl or cyclic N) is 1. The minimum atomic E-state index is -1.49. The largest absolute Gasteiger partial charge is 0.493 e. The highest BCUT2D eigenvalue weighted by molar-refractivity contribution is 5.48. The lowest BCUT2D eigenvalue weighted by molar-refractivity contribution is -0.191. The van der Waals surface area contributed by atoms with Crippen LogP contribution in [0.5, 0.6) is 34.5 Å². The van der Waals surface area contributed by atoms with Gasteiger partial charge >= 0.3 is 0 Å². The maximum Gasteiger partial charge on any atom is 0.161 e. The predicted octanol–water partition coefficient (Wildman–Crippen LogP) is 11.8. The first-order chi connectivity index (χ1) is 40.3. The van der Waals surface area contributed by atoms with Gasteiger partial charge in [0.25, 0.3) is 0 Å². The summed E-state index contributed by atoms with van der Waals surface area (Å²) < 4.78 is 44.5. The molecule has 11 rings (SSSR count). The molecule has 0 bridgehead atoms. The monoisotopic (exact) mass is 1150 g/mol. The smallest absolute Gasteiger partial charge is 0.161 e. The summed E-state index contributed by atoms with van der Waals surface area (Å²) in [6.45, 7) is 18.5. The number of benzene rings is 5. The normalized spacial score (nSPS) is 28.0. The van der Waals surface area contributed by atoms with E-state index in [4.69, 9.17) is 33.2 Å². The van der Waals surface area contributed by atoms with Crippen LogP contribution >= 0.6 is 0 Å². The Hall–Kier alpha value is -5.38. The fourth-order valence-electron chi connectivity index (χ4n) is 14.5. The van der Waals surface area contributed by atoms with Gasteiger partial charge in [-0.25, -0.2) is 0 Å². The van der Waals surface area contributed by atoms with E-state index in [2.05, 4.69) is 115 Å². The molecule has 3 saturated carbocycles. The molecule has 454 valence electrons. The number of methoxy groups -OCH3 is 3. The van der Waals surface area contributed by atoms with Gasteiger partial charge in [-0.05, 0) is 154 Å². The fraction of sp³-hybridized carbons (Fsp3) is 0.577. The number of hydrogen-bond acceptors (Lipinski definition) is 13. The van der Waals surface area contributed by atoms with Gasteiger partial charge in [-0.1, -0.05) is 99.6 Å². The van der Waals surface area contributed by atoms with Crippen molar-refractivity contribution in [1.82, 2.24) is 15.1 Å². The number of rotatable bonds is 28. The van der Waals surface area contributed by atoms with Crippen molar-refractivity contribution in [3.05, 3.63) is 143 Å². The molecule has 9 atom stereocenters. The van der Waals surface area contributed by atoms with Crippen LogP contribution in [0.1, 0.15) is 138 Å². The standard InChI is InChI=1S/C71H95N3O10/c1-66(2,75)70(6)58(55-28-31-61(80-9)64(36-55)83-43-52-24-25-52)40-74(65(70)84-44-49-18-14-11-15-19-49)47-71(77,67(3)45-72-37-56(67)53-26-29-59(78-7)62(34-53)81-41-50-20-21-50)33-32-69(5,76)68(4)46-73(38-48-16-12-10-13-17-48)39-57(68)54-27-30-60(79-8)63(35-54)82-42-51-22-23-51/h10-19,26-31,34-36,50-52,56-58,65,72,75-77H,20-25,32-33,37-47H2,1-9H3. The lowest BCUT2D eigenvalue weighted by Crippen LogP contribution is -2.61. The molecule has 0 radical (unpaired) electrons. The molecule has 3 aliphatic carbocycles. The molecule has 5 aromatic carbocycles. The van der Waals surface area contributed by atoms with Gasteiger partial charge in [0.2, 0.25) is 0 Å². The number of nitrogens with zero attached hydrogens (tertiary/aromatic N) is 2. The molecule has 0 amide bonds. The number of ether oxygens (including phenoxy) is 7. The Bertz CT molecular complexity index is 3020. The van der Waals surface area contributed by atoms with Gasteiger partial charge in [0.05, 0.1) is 64.6 Å². The average Bonchev–Trinajstić information content (AvgIpc) is 1.78. The number of aliphatic hydroxyl groups is 3. The summed E-state index contributed by atoms with van der Waals surface area (Å²) in [6, 6.07) is 39.6. The van der Waals surface area contributed by atoms with Crippen LogP contribution in [0.15, 0.2) is 115 Å². The molecule has 3 saturated heterocycles. The molecule has 6 aliphatic rings. The van der Waals surface area contributed by atoms with E-state index in [1.165, 1.54) is 18.4 Å². The molecule has 84 heavy (non-hydrogen) atoms. The van der Waals surface area contributed by atoms with Gasteiger partial charge in [-0.15, -0.1) is 0 Å². The summed E-state index contributed by atoms with van der Waals surface area (Å²) in [5, 5.41) is 45.2. The van der Waals surface area contributed by atoms with E-state index in [9.17, 15) is 15.3 Å². The summed E-state index contributed by atoms with van der Waals surface area (Å²) >= 11 is 0. The van der Waals surface area contributed by atoms with Crippen LogP contribution in [0.3, 0.4) is 0 Å². The molecule has 3 heterocycles.